The molecule has 0 atom stereocenters. The monoisotopic (exact) mass is 440 g/mol. The minimum Gasteiger partial charge on any atom is -0.301 e. The Morgan fingerprint density at radius 1 is 1.20 bits per heavy atom. The van der Waals surface area contributed by atoms with Crippen LogP contribution in [0.25, 0.3) is 16.6 Å². The number of thioether (sulfide) groups is 1. The fourth-order valence-electron chi connectivity index (χ4n) is 2.85. The van der Waals surface area contributed by atoms with Crippen LogP contribution in [0.5, 0.6) is 0 Å². The van der Waals surface area contributed by atoms with Crippen molar-refractivity contribution >= 4 is 45.0 Å². The SMILES string of the molecule is Cc1csc(NC(=O)CSc2nc3ccccc3c(=O)n2-c2ccc(C)c(F)c2)n1. The number of benzene rings is 2. The Bertz CT molecular complexity index is 1320. The number of amides is 1. The van der Waals surface area contributed by atoms with Crippen molar-refractivity contribution in [3.05, 3.63) is 75.3 Å². The summed E-state index contributed by atoms with van der Waals surface area (Å²) in [5.74, 6) is -0.656. The number of rotatable bonds is 5. The highest BCUT2D eigenvalue weighted by atomic mass is 32.2. The molecular formula is C21H17FN4O2S2. The number of nitrogens with zero attached hydrogens (tertiary/aromatic N) is 3. The number of thiazole rings is 1. The number of hydrogen-bond donors (Lipinski definition) is 1. The third-order valence-electron chi connectivity index (χ3n) is 4.36. The molecule has 2 heterocycles. The Morgan fingerprint density at radius 2 is 2.00 bits per heavy atom. The molecule has 0 saturated carbocycles. The quantitative estimate of drug-likeness (QED) is 0.369. The second-order valence-corrected chi connectivity index (χ2v) is 8.42. The maximum absolute atomic E-state index is 14.2. The lowest BCUT2D eigenvalue weighted by Crippen LogP contribution is -2.23. The van der Waals surface area contributed by atoms with Crippen LogP contribution in [0.1, 0.15) is 11.3 Å². The molecule has 0 aliphatic carbocycles. The molecule has 0 fully saturated rings. The summed E-state index contributed by atoms with van der Waals surface area (Å²) < 4.78 is 15.5. The van der Waals surface area contributed by atoms with E-state index in [2.05, 4.69) is 15.3 Å². The summed E-state index contributed by atoms with van der Waals surface area (Å²) >= 11 is 2.45. The standard InChI is InChI=1S/C21H17FN4O2S2/c1-12-7-8-14(9-16(12)22)26-19(28)15-5-3-4-6-17(15)24-21(26)30-11-18(27)25-20-23-13(2)10-29-20/h3-10H,11H2,1-2H3,(H,23,25,27). The molecule has 2 aromatic heterocycles. The Morgan fingerprint density at radius 3 is 2.73 bits per heavy atom. The summed E-state index contributed by atoms with van der Waals surface area (Å²) in [7, 11) is 0. The van der Waals surface area contributed by atoms with E-state index in [1.807, 2.05) is 12.3 Å². The fourth-order valence-corrected chi connectivity index (χ4v) is 4.37. The number of para-hydroxylation sites is 1. The van der Waals surface area contributed by atoms with Crippen molar-refractivity contribution in [2.24, 2.45) is 0 Å². The summed E-state index contributed by atoms with van der Waals surface area (Å²) in [5.41, 5.74) is 1.87. The highest BCUT2D eigenvalue weighted by molar-refractivity contribution is 7.99. The van der Waals surface area contributed by atoms with Crippen molar-refractivity contribution < 1.29 is 9.18 Å². The molecule has 6 nitrogen and oxygen atoms in total. The molecule has 152 valence electrons. The van der Waals surface area contributed by atoms with Crippen molar-refractivity contribution in [1.82, 2.24) is 14.5 Å². The molecule has 1 amide bonds. The molecular weight excluding hydrogens is 423 g/mol. The Labute approximate surface area is 179 Å². The van der Waals surface area contributed by atoms with E-state index >= 15 is 0 Å². The first-order valence-corrected chi connectivity index (χ1v) is 10.9. The lowest BCUT2D eigenvalue weighted by molar-refractivity contribution is -0.113. The number of anilines is 1. The molecule has 30 heavy (non-hydrogen) atoms. The number of carbonyl (C=O) groups is 1. The zero-order chi connectivity index (χ0) is 21.3. The molecule has 0 saturated heterocycles. The van der Waals surface area contributed by atoms with E-state index in [-0.39, 0.29) is 17.2 Å². The predicted molar refractivity (Wildman–Crippen MR) is 118 cm³/mol. The second-order valence-electron chi connectivity index (χ2n) is 6.62. The van der Waals surface area contributed by atoms with Gasteiger partial charge >= 0.3 is 0 Å². The van der Waals surface area contributed by atoms with Gasteiger partial charge in [-0.25, -0.2) is 14.4 Å². The molecule has 0 aliphatic heterocycles. The highest BCUT2D eigenvalue weighted by Gasteiger charge is 2.16. The number of carbonyl (C=O) groups excluding carboxylic acids is 1. The first-order chi connectivity index (χ1) is 14.4. The third kappa shape index (κ3) is 4.12. The van der Waals surface area contributed by atoms with Gasteiger partial charge in [-0.2, -0.15) is 0 Å². The smallest absolute Gasteiger partial charge is 0.266 e. The summed E-state index contributed by atoms with van der Waals surface area (Å²) in [6.07, 6.45) is 0. The lowest BCUT2D eigenvalue weighted by atomic mass is 10.2. The first-order valence-electron chi connectivity index (χ1n) is 9.05. The van der Waals surface area contributed by atoms with Crippen LogP contribution in [-0.4, -0.2) is 26.2 Å². The van der Waals surface area contributed by atoms with E-state index in [0.29, 0.717) is 32.4 Å². The number of nitrogens with one attached hydrogen (secondary N) is 1. The highest BCUT2D eigenvalue weighted by Crippen LogP contribution is 2.23. The summed E-state index contributed by atoms with van der Waals surface area (Å²) in [5, 5.41) is 5.83. The van der Waals surface area contributed by atoms with Crippen molar-refractivity contribution in [2.75, 3.05) is 11.1 Å². The minimum atomic E-state index is -0.416. The molecule has 0 aliphatic rings. The van der Waals surface area contributed by atoms with Gasteiger partial charge in [0.15, 0.2) is 10.3 Å². The van der Waals surface area contributed by atoms with Crippen LogP contribution < -0.4 is 10.9 Å². The van der Waals surface area contributed by atoms with Crippen molar-refractivity contribution in [2.45, 2.75) is 19.0 Å². The van der Waals surface area contributed by atoms with Crippen LogP contribution in [0, 0.1) is 19.7 Å². The van der Waals surface area contributed by atoms with Gasteiger partial charge in [-0.1, -0.05) is 30.0 Å². The molecule has 0 spiro atoms. The number of fused-ring (bicyclic) bond motifs is 1. The average molecular weight is 441 g/mol. The molecule has 9 heteroatoms. The van der Waals surface area contributed by atoms with Crippen LogP contribution in [0.4, 0.5) is 9.52 Å². The van der Waals surface area contributed by atoms with Crippen LogP contribution in [0.15, 0.2) is 57.8 Å². The maximum Gasteiger partial charge on any atom is 0.266 e. The van der Waals surface area contributed by atoms with Gasteiger partial charge in [-0.15, -0.1) is 11.3 Å². The Balaban J connectivity index is 1.71. The number of hydrogen-bond acceptors (Lipinski definition) is 6. The average Bonchev–Trinajstić information content (AvgIpc) is 3.13. The largest absolute Gasteiger partial charge is 0.301 e. The van der Waals surface area contributed by atoms with Gasteiger partial charge in [-0.3, -0.25) is 14.2 Å². The molecule has 2 aromatic carbocycles. The third-order valence-corrected chi connectivity index (χ3v) is 6.17. The van der Waals surface area contributed by atoms with Crippen molar-refractivity contribution in [1.29, 1.82) is 0 Å². The topological polar surface area (TPSA) is 76.9 Å². The molecule has 0 bridgehead atoms. The zero-order valence-electron chi connectivity index (χ0n) is 16.2. The second kappa shape index (κ2) is 8.37. The Hall–Kier alpha value is -3.04. The number of aromatic nitrogens is 3. The number of halogens is 1. The van der Waals surface area contributed by atoms with Gasteiger partial charge in [0.1, 0.15) is 5.82 Å². The van der Waals surface area contributed by atoms with Gasteiger partial charge in [0, 0.05) is 5.38 Å². The van der Waals surface area contributed by atoms with Crippen molar-refractivity contribution in [3.63, 3.8) is 0 Å². The Kier molecular flexibility index (Phi) is 5.65. The van der Waals surface area contributed by atoms with Gasteiger partial charge in [-0.05, 0) is 43.7 Å². The summed E-state index contributed by atoms with van der Waals surface area (Å²) in [6.45, 7) is 3.50. The molecule has 0 radical (unpaired) electrons. The summed E-state index contributed by atoms with van der Waals surface area (Å²) in [4.78, 5) is 34.3. The number of aryl methyl sites for hydroxylation is 2. The van der Waals surface area contributed by atoms with Crippen LogP contribution >= 0.6 is 23.1 Å². The maximum atomic E-state index is 14.2. The van der Waals surface area contributed by atoms with E-state index in [9.17, 15) is 14.0 Å². The van der Waals surface area contributed by atoms with E-state index < -0.39 is 5.82 Å². The zero-order valence-corrected chi connectivity index (χ0v) is 17.8. The van der Waals surface area contributed by atoms with E-state index in [0.717, 1.165) is 17.5 Å². The lowest BCUT2D eigenvalue weighted by Gasteiger charge is -2.13. The van der Waals surface area contributed by atoms with Gasteiger partial charge < -0.3 is 5.32 Å². The van der Waals surface area contributed by atoms with Gasteiger partial charge in [0.25, 0.3) is 5.56 Å². The van der Waals surface area contributed by atoms with Crippen molar-refractivity contribution in [3.8, 4) is 5.69 Å². The van der Waals surface area contributed by atoms with E-state index in [4.69, 9.17) is 0 Å². The normalized spacial score (nSPS) is 11.0. The predicted octanol–water partition coefficient (Wildman–Crippen LogP) is 4.33. The van der Waals surface area contributed by atoms with E-state index in [1.54, 1.807) is 43.3 Å². The summed E-state index contributed by atoms with van der Waals surface area (Å²) in [6, 6.07) is 11.5. The van der Waals surface area contributed by atoms with Crippen LogP contribution in [-0.2, 0) is 4.79 Å². The molecule has 0 unspecified atom stereocenters. The minimum absolute atomic E-state index is 0.0255. The molecule has 4 rings (SSSR count). The first kappa shape index (κ1) is 20.2. The van der Waals surface area contributed by atoms with E-state index in [1.165, 1.54) is 22.0 Å². The molecule has 1 N–H and O–H groups in total. The van der Waals surface area contributed by atoms with Gasteiger partial charge in [0.05, 0.1) is 28.0 Å². The fraction of sp³-hybridized carbons (Fsp3) is 0.143. The van der Waals surface area contributed by atoms with Crippen LogP contribution in [0.3, 0.4) is 0 Å². The van der Waals surface area contributed by atoms with Gasteiger partial charge in [0.2, 0.25) is 5.91 Å². The molecule has 4 aromatic rings. The van der Waals surface area contributed by atoms with Crippen LogP contribution in [0.2, 0.25) is 0 Å².